The first kappa shape index (κ1) is 44.2. The Morgan fingerprint density at radius 2 is 1.53 bits per heavy atom. The first-order chi connectivity index (χ1) is 27.1. The summed E-state index contributed by atoms with van der Waals surface area (Å²) in [5.41, 5.74) is 1.15. The lowest BCUT2D eigenvalue weighted by Crippen LogP contribution is -2.42. The van der Waals surface area contributed by atoms with E-state index in [9.17, 15) is 29.2 Å². The molecule has 0 aliphatic carbocycles. The van der Waals surface area contributed by atoms with Crippen molar-refractivity contribution in [2.45, 2.75) is 49.5 Å². The molecular weight excluding hydrogens is 775 g/mol. The molecule has 15 heteroatoms. The topological polar surface area (TPSA) is 209 Å². The Morgan fingerprint density at radius 1 is 0.895 bits per heavy atom. The van der Waals surface area contributed by atoms with Gasteiger partial charge in [0.05, 0.1) is 34.5 Å². The summed E-state index contributed by atoms with van der Waals surface area (Å²) in [6, 6.07) is 26.9. The van der Waals surface area contributed by atoms with E-state index in [1.165, 1.54) is 0 Å². The number of piperidine rings is 1. The van der Waals surface area contributed by atoms with E-state index in [2.05, 4.69) is 22.4 Å². The SMILES string of the molecule is CNC(=O)c1ccccc1C1CCN(CCC(CN(C)C(=O)c2cc(C#N)cc3ccccc23)c2ccc(Cl)c(Cl)c2)CC1.O=C(O)CC(O)(CC(=O)O)C(=O)O. The van der Waals surface area contributed by atoms with Gasteiger partial charge in [-0.05, 0) is 97.0 Å². The number of halogens is 2. The maximum Gasteiger partial charge on any atom is 0.336 e. The third-order valence-electron chi connectivity index (χ3n) is 10.0. The van der Waals surface area contributed by atoms with Crippen molar-refractivity contribution in [2.24, 2.45) is 0 Å². The molecule has 4 aromatic rings. The molecule has 1 heterocycles. The molecule has 0 bridgehead atoms. The molecule has 0 saturated carbocycles. The highest BCUT2D eigenvalue weighted by Crippen LogP contribution is 2.33. The van der Waals surface area contributed by atoms with Gasteiger partial charge in [-0.25, -0.2) is 4.79 Å². The second-order valence-electron chi connectivity index (χ2n) is 14.0. The minimum atomic E-state index is -2.74. The van der Waals surface area contributed by atoms with Crippen LogP contribution in [0.5, 0.6) is 0 Å². The minimum Gasteiger partial charge on any atom is -0.481 e. The summed E-state index contributed by atoms with van der Waals surface area (Å²) in [5.74, 6) is -4.82. The third-order valence-corrected chi connectivity index (χ3v) is 10.8. The summed E-state index contributed by atoms with van der Waals surface area (Å²) < 4.78 is 0. The van der Waals surface area contributed by atoms with Gasteiger partial charge in [-0.3, -0.25) is 19.2 Å². The van der Waals surface area contributed by atoms with Crippen molar-refractivity contribution in [3.05, 3.63) is 117 Å². The molecule has 1 aliphatic heterocycles. The van der Waals surface area contributed by atoms with Crippen LogP contribution in [0.15, 0.2) is 78.9 Å². The number of nitrogens with zero attached hydrogens (tertiary/aromatic N) is 3. The molecule has 5 N–H and O–H groups in total. The number of nitriles is 1. The fourth-order valence-electron chi connectivity index (χ4n) is 7.02. The maximum absolute atomic E-state index is 13.8. The number of carboxylic acid groups (broad SMARTS) is 3. The number of amides is 2. The van der Waals surface area contributed by atoms with Crippen LogP contribution in [0.3, 0.4) is 0 Å². The maximum atomic E-state index is 13.8. The van der Waals surface area contributed by atoms with Crippen molar-refractivity contribution < 1.29 is 44.4 Å². The quantitative estimate of drug-likeness (QED) is 0.0960. The number of aliphatic carboxylic acids is 3. The van der Waals surface area contributed by atoms with E-state index < -0.39 is 36.4 Å². The Hall–Kier alpha value is -5.52. The largest absolute Gasteiger partial charge is 0.481 e. The number of hydrogen-bond donors (Lipinski definition) is 5. The molecule has 1 atom stereocenters. The molecule has 300 valence electrons. The zero-order valence-corrected chi connectivity index (χ0v) is 33.0. The van der Waals surface area contributed by atoms with Crippen molar-refractivity contribution in [1.82, 2.24) is 15.1 Å². The fraction of sp³-hybridized carbons (Fsp3) is 0.333. The van der Waals surface area contributed by atoms with Crippen LogP contribution in [0.4, 0.5) is 0 Å². The van der Waals surface area contributed by atoms with Gasteiger partial charge in [-0.2, -0.15) is 5.26 Å². The molecule has 5 rings (SSSR count). The molecule has 0 spiro atoms. The molecule has 1 saturated heterocycles. The van der Waals surface area contributed by atoms with Crippen LogP contribution in [0, 0.1) is 11.3 Å². The highest BCUT2D eigenvalue weighted by Gasteiger charge is 2.40. The van der Waals surface area contributed by atoms with E-state index in [1.807, 2.05) is 73.8 Å². The van der Waals surface area contributed by atoms with E-state index in [-0.39, 0.29) is 17.7 Å². The Morgan fingerprint density at radius 3 is 2.12 bits per heavy atom. The second kappa shape index (κ2) is 20.1. The van der Waals surface area contributed by atoms with Crippen LogP contribution in [0.25, 0.3) is 10.8 Å². The van der Waals surface area contributed by atoms with Crippen molar-refractivity contribution in [3.8, 4) is 6.07 Å². The molecule has 0 radical (unpaired) electrons. The average molecular weight is 820 g/mol. The first-order valence-electron chi connectivity index (χ1n) is 18.1. The van der Waals surface area contributed by atoms with E-state index in [0.29, 0.717) is 33.6 Å². The zero-order chi connectivity index (χ0) is 41.9. The molecule has 13 nitrogen and oxygen atoms in total. The van der Waals surface area contributed by atoms with Gasteiger partial charge in [0.1, 0.15) is 0 Å². The number of benzene rings is 4. The number of nitrogens with one attached hydrogen (secondary N) is 1. The number of carbonyl (C=O) groups excluding carboxylic acids is 2. The number of carbonyl (C=O) groups is 5. The normalized spacial score (nSPS) is 13.8. The van der Waals surface area contributed by atoms with Crippen LogP contribution in [0.2, 0.25) is 10.0 Å². The Kier molecular flexibility index (Phi) is 15.6. The number of carboxylic acids is 3. The predicted octanol–water partition coefficient (Wildman–Crippen LogP) is 6.25. The zero-order valence-electron chi connectivity index (χ0n) is 31.5. The molecule has 4 aromatic carbocycles. The predicted molar refractivity (Wildman–Crippen MR) is 215 cm³/mol. The van der Waals surface area contributed by atoms with E-state index >= 15 is 0 Å². The molecule has 2 amide bonds. The second-order valence-corrected chi connectivity index (χ2v) is 14.8. The number of rotatable bonds is 14. The lowest BCUT2D eigenvalue weighted by atomic mass is 9.86. The molecular formula is C42H44Cl2N4O9. The highest BCUT2D eigenvalue weighted by molar-refractivity contribution is 6.42. The molecule has 1 aliphatic rings. The monoisotopic (exact) mass is 818 g/mol. The van der Waals surface area contributed by atoms with Gasteiger partial charge in [0.15, 0.2) is 5.60 Å². The van der Waals surface area contributed by atoms with E-state index in [1.54, 1.807) is 18.0 Å². The van der Waals surface area contributed by atoms with Gasteiger partial charge < -0.3 is 35.5 Å². The molecule has 1 unspecified atom stereocenters. The van der Waals surface area contributed by atoms with Gasteiger partial charge in [0.25, 0.3) is 11.8 Å². The van der Waals surface area contributed by atoms with Crippen LogP contribution in [-0.4, -0.2) is 106 Å². The van der Waals surface area contributed by atoms with Crippen LogP contribution >= 0.6 is 23.2 Å². The Bertz CT molecular complexity index is 2150. The number of aliphatic hydroxyl groups is 1. The van der Waals surface area contributed by atoms with Crippen LogP contribution in [-0.2, 0) is 14.4 Å². The standard InChI is InChI=1S/C36H36Cl2N4O2.C6H8O7/c1-40-35(43)31-10-6-5-8-29(31)25-13-16-42(17-14-25)18-15-28(26-11-12-33(37)34(38)21-26)23-41(2)36(44)32-20-24(22-39)19-27-7-3-4-9-30(27)32;7-3(8)1-6(13,5(11)12)2-4(9)10/h3-12,19-21,25,28H,13-18,23H2,1-2H3,(H,40,43);13H,1-2H2,(H,7,8)(H,9,10)(H,11,12). The summed E-state index contributed by atoms with van der Waals surface area (Å²) in [6.45, 7) is 3.21. The van der Waals surface area contributed by atoms with Gasteiger partial charge in [-0.15, -0.1) is 0 Å². The van der Waals surface area contributed by atoms with Gasteiger partial charge in [-0.1, -0.05) is 71.7 Å². The number of likely N-dealkylation sites (N-methyl/N-ethyl adjacent to an activating group) is 1. The Balaban J connectivity index is 0.000000476. The number of hydrogen-bond acceptors (Lipinski definition) is 8. The lowest BCUT2D eigenvalue weighted by molar-refractivity contribution is -0.170. The van der Waals surface area contributed by atoms with Gasteiger partial charge in [0.2, 0.25) is 0 Å². The smallest absolute Gasteiger partial charge is 0.336 e. The fourth-order valence-corrected chi connectivity index (χ4v) is 7.32. The molecule has 57 heavy (non-hydrogen) atoms. The third kappa shape index (κ3) is 11.8. The van der Waals surface area contributed by atoms with Crippen molar-refractivity contribution in [3.63, 3.8) is 0 Å². The highest BCUT2D eigenvalue weighted by atomic mass is 35.5. The molecule has 1 fully saturated rings. The van der Waals surface area contributed by atoms with Gasteiger partial charge in [0, 0.05) is 37.7 Å². The van der Waals surface area contributed by atoms with Crippen molar-refractivity contribution in [2.75, 3.05) is 40.3 Å². The number of fused-ring (bicyclic) bond motifs is 1. The minimum absolute atomic E-state index is 0.0239. The number of likely N-dealkylation sites (tertiary alicyclic amines) is 1. The summed E-state index contributed by atoms with van der Waals surface area (Å²) in [7, 11) is 3.48. The summed E-state index contributed by atoms with van der Waals surface area (Å²) in [6.07, 6.45) is 0.496. The summed E-state index contributed by atoms with van der Waals surface area (Å²) in [5, 5.41) is 48.8. The van der Waals surface area contributed by atoms with E-state index in [4.69, 9.17) is 43.6 Å². The molecule has 0 aromatic heterocycles. The van der Waals surface area contributed by atoms with Crippen LogP contribution < -0.4 is 5.32 Å². The van der Waals surface area contributed by atoms with Crippen molar-refractivity contribution in [1.29, 1.82) is 5.26 Å². The average Bonchev–Trinajstić information content (AvgIpc) is 3.19. The lowest BCUT2D eigenvalue weighted by Gasteiger charge is -2.34. The van der Waals surface area contributed by atoms with E-state index in [0.717, 1.165) is 66.4 Å². The van der Waals surface area contributed by atoms with Gasteiger partial charge >= 0.3 is 17.9 Å². The van der Waals surface area contributed by atoms with Crippen molar-refractivity contribution >= 4 is 63.7 Å². The Labute approximate surface area is 340 Å². The summed E-state index contributed by atoms with van der Waals surface area (Å²) >= 11 is 12.7. The van der Waals surface area contributed by atoms with Crippen LogP contribution in [0.1, 0.15) is 81.3 Å². The summed E-state index contributed by atoms with van der Waals surface area (Å²) in [4.78, 5) is 61.0. The first-order valence-corrected chi connectivity index (χ1v) is 18.9.